The van der Waals surface area contributed by atoms with Gasteiger partial charge >= 0.3 is 0 Å². The highest BCUT2D eigenvalue weighted by Gasteiger charge is 2.22. The van der Waals surface area contributed by atoms with Gasteiger partial charge in [0.1, 0.15) is 5.75 Å². The fraction of sp³-hybridized carbons (Fsp3) is 0.333. The second kappa shape index (κ2) is 5.98. The lowest BCUT2D eigenvalue weighted by Crippen LogP contribution is -2.11. The molecule has 3 heteroatoms. The molecule has 0 radical (unpaired) electrons. The van der Waals surface area contributed by atoms with Gasteiger partial charge < -0.3 is 10.1 Å². The molecule has 0 aliphatic carbocycles. The van der Waals surface area contributed by atoms with Crippen LogP contribution < -0.4 is 10.1 Å². The fourth-order valence-electron chi connectivity index (χ4n) is 2.90. The van der Waals surface area contributed by atoms with E-state index in [1.807, 2.05) is 12.1 Å². The molecule has 0 saturated carbocycles. The molecular weight excluding hydrogens is 282 g/mol. The molecule has 1 atom stereocenters. The van der Waals surface area contributed by atoms with Crippen LogP contribution in [0.25, 0.3) is 0 Å². The summed E-state index contributed by atoms with van der Waals surface area (Å²) in [5.41, 5.74) is 4.62. The van der Waals surface area contributed by atoms with Gasteiger partial charge in [-0.2, -0.15) is 0 Å². The molecule has 2 aromatic rings. The summed E-state index contributed by atoms with van der Waals surface area (Å²) in [5, 5.41) is 4.40. The SMILES string of the molecule is Cc1cccc(Cl)c1NC1CCCOc2c(C)cccc21. The summed E-state index contributed by atoms with van der Waals surface area (Å²) in [7, 11) is 0. The number of ether oxygens (including phenoxy) is 1. The number of hydrogen-bond acceptors (Lipinski definition) is 2. The molecule has 2 aromatic carbocycles. The maximum Gasteiger partial charge on any atom is 0.127 e. The Bertz CT molecular complexity index is 633. The fourth-order valence-corrected chi connectivity index (χ4v) is 3.18. The average molecular weight is 302 g/mol. The van der Waals surface area contributed by atoms with Gasteiger partial charge in [-0.15, -0.1) is 0 Å². The Balaban J connectivity index is 1.98. The minimum Gasteiger partial charge on any atom is -0.493 e. The molecule has 1 aliphatic rings. The molecule has 0 fully saturated rings. The predicted molar refractivity (Wildman–Crippen MR) is 88.5 cm³/mol. The topological polar surface area (TPSA) is 21.3 Å². The van der Waals surface area contributed by atoms with Crippen molar-refractivity contribution >= 4 is 17.3 Å². The third kappa shape index (κ3) is 2.86. The molecule has 0 amide bonds. The van der Waals surface area contributed by atoms with Crippen LogP contribution in [0.4, 0.5) is 5.69 Å². The van der Waals surface area contributed by atoms with Crippen molar-refractivity contribution in [3.8, 4) is 5.75 Å². The van der Waals surface area contributed by atoms with Crippen LogP contribution in [0.5, 0.6) is 5.75 Å². The molecule has 2 nitrogen and oxygen atoms in total. The molecule has 1 heterocycles. The van der Waals surface area contributed by atoms with E-state index in [9.17, 15) is 0 Å². The number of aryl methyl sites for hydroxylation is 2. The highest BCUT2D eigenvalue weighted by atomic mass is 35.5. The predicted octanol–water partition coefficient (Wildman–Crippen LogP) is 5.28. The van der Waals surface area contributed by atoms with Crippen LogP contribution >= 0.6 is 11.6 Å². The minimum atomic E-state index is 0.237. The van der Waals surface area contributed by atoms with Crippen LogP contribution in [-0.4, -0.2) is 6.61 Å². The molecular formula is C18H20ClNO. The van der Waals surface area contributed by atoms with Gasteiger partial charge in [0, 0.05) is 5.56 Å². The number of anilines is 1. The van der Waals surface area contributed by atoms with E-state index in [0.717, 1.165) is 35.9 Å². The highest BCUT2D eigenvalue weighted by molar-refractivity contribution is 6.33. The lowest BCUT2D eigenvalue weighted by molar-refractivity contribution is 0.314. The van der Waals surface area contributed by atoms with Gasteiger partial charge in [0.2, 0.25) is 0 Å². The Morgan fingerprint density at radius 1 is 1.10 bits per heavy atom. The summed E-state index contributed by atoms with van der Waals surface area (Å²) in [6.07, 6.45) is 2.08. The lowest BCUT2D eigenvalue weighted by atomic mass is 9.99. The van der Waals surface area contributed by atoms with Gasteiger partial charge in [0.15, 0.2) is 0 Å². The van der Waals surface area contributed by atoms with Gasteiger partial charge in [-0.05, 0) is 43.9 Å². The Labute approximate surface area is 131 Å². The molecule has 1 aliphatic heterocycles. The second-order valence-corrected chi connectivity index (χ2v) is 6.02. The summed E-state index contributed by atoms with van der Waals surface area (Å²) < 4.78 is 5.93. The van der Waals surface area contributed by atoms with Crippen LogP contribution in [0.3, 0.4) is 0 Å². The summed E-state index contributed by atoms with van der Waals surface area (Å²) >= 11 is 6.35. The first-order valence-electron chi connectivity index (χ1n) is 7.41. The van der Waals surface area contributed by atoms with E-state index in [1.54, 1.807) is 0 Å². The normalized spacial score (nSPS) is 17.6. The Morgan fingerprint density at radius 3 is 2.67 bits per heavy atom. The summed E-state index contributed by atoms with van der Waals surface area (Å²) in [6, 6.07) is 12.6. The Morgan fingerprint density at radius 2 is 1.86 bits per heavy atom. The highest BCUT2D eigenvalue weighted by Crippen LogP contribution is 2.38. The molecule has 21 heavy (non-hydrogen) atoms. The van der Waals surface area contributed by atoms with Crippen molar-refractivity contribution in [2.75, 3.05) is 11.9 Å². The van der Waals surface area contributed by atoms with Gasteiger partial charge in [0.25, 0.3) is 0 Å². The monoisotopic (exact) mass is 301 g/mol. The molecule has 110 valence electrons. The van der Waals surface area contributed by atoms with Crippen LogP contribution in [-0.2, 0) is 0 Å². The van der Waals surface area contributed by atoms with Crippen molar-refractivity contribution in [2.45, 2.75) is 32.7 Å². The third-order valence-electron chi connectivity index (χ3n) is 4.04. The van der Waals surface area contributed by atoms with E-state index in [-0.39, 0.29) is 6.04 Å². The summed E-state index contributed by atoms with van der Waals surface area (Å²) in [4.78, 5) is 0. The molecule has 0 bridgehead atoms. The van der Waals surface area contributed by atoms with E-state index < -0.39 is 0 Å². The number of benzene rings is 2. The lowest BCUT2D eigenvalue weighted by Gasteiger charge is -2.22. The van der Waals surface area contributed by atoms with Crippen molar-refractivity contribution in [3.63, 3.8) is 0 Å². The van der Waals surface area contributed by atoms with E-state index in [0.29, 0.717) is 0 Å². The van der Waals surface area contributed by atoms with Crippen molar-refractivity contribution in [3.05, 3.63) is 58.1 Å². The van der Waals surface area contributed by atoms with Crippen LogP contribution in [0, 0.1) is 13.8 Å². The number of halogens is 1. The maximum absolute atomic E-state index is 6.35. The van der Waals surface area contributed by atoms with E-state index in [1.165, 1.54) is 16.7 Å². The first-order valence-corrected chi connectivity index (χ1v) is 7.78. The van der Waals surface area contributed by atoms with Crippen LogP contribution in [0.15, 0.2) is 36.4 Å². The summed E-state index contributed by atoms with van der Waals surface area (Å²) in [5.74, 6) is 1.03. The Hall–Kier alpha value is -1.67. The van der Waals surface area contributed by atoms with Crippen molar-refractivity contribution in [1.29, 1.82) is 0 Å². The zero-order valence-electron chi connectivity index (χ0n) is 12.4. The summed E-state index contributed by atoms with van der Waals surface area (Å²) in [6.45, 7) is 4.96. The van der Waals surface area contributed by atoms with Gasteiger partial charge in [-0.1, -0.05) is 41.9 Å². The van der Waals surface area contributed by atoms with Crippen LogP contribution in [0.1, 0.15) is 35.6 Å². The minimum absolute atomic E-state index is 0.237. The molecule has 1 N–H and O–H groups in total. The van der Waals surface area contributed by atoms with Crippen molar-refractivity contribution in [1.82, 2.24) is 0 Å². The second-order valence-electron chi connectivity index (χ2n) is 5.61. The molecule has 0 saturated heterocycles. The van der Waals surface area contributed by atoms with Gasteiger partial charge in [-0.3, -0.25) is 0 Å². The molecule has 3 rings (SSSR count). The Kier molecular flexibility index (Phi) is 4.07. The smallest absolute Gasteiger partial charge is 0.127 e. The molecule has 1 unspecified atom stereocenters. The van der Waals surface area contributed by atoms with Crippen molar-refractivity contribution < 1.29 is 4.74 Å². The zero-order chi connectivity index (χ0) is 14.8. The maximum atomic E-state index is 6.35. The quantitative estimate of drug-likeness (QED) is 0.814. The first kappa shape index (κ1) is 14.3. The van der Waals surface area contributed by atoms with E-state index in [2.05, 4.69) is 43.4 Å². The molecule has 0 aromatic heterocycles. The van der Waals surface area contributed by atoms with E-state index in [4.69, 9.17) is 16.3 Å². The van der Waals surface area contributed by atoms with Gasteiger partial charge in [-0.25, -0.2) is 0 Å². The number of nitrogens with one attached hydrogen (secondary N) is 1. The number of hydrogen-bond donors (Lipinski definition) is 1. The zero-order valence-corrected chi connectivity index (χ0v) is 13.2. The van der Waals surface area contributed by atoms with E-state index >= 15 is 0 Å². The van der Waals surface area contributed by atoms with Gasteiger partial charge in [0.05, 0.1) is 23.4 Å². The molecule has 0 spiro atoms. The largest absolute Gasteiger partial charge is 0.493 e. The third-order valence-corrected chi connectivity index (χ3v) is 4.36. The number of rotatable bonds is 2. The average Bonchev–Trinajstić information content (AvgIpc) is 2.67. The van der Waals surface area contributed by atoms with Crippen LogP contribution in [0.2, 0.25) is 5.02 Å². The van der Waals surface area contributed by atoms with Crippen molar-refractivity contribution in [2.24, 2.45) is 0 Å². The first-order chi connectivity index (χ1) is 10.2. The standard InChI is InChI=1S/C18H20ClNO/c1-12-6-4-9-15(19)17(12)20-16-10-5-11-21-18-13(2)7-3-8-14(16)18/h3-4,6-9,16,20H,5,10-11H2,1-2H3. The number of fused-ring (bicyclic) bond motifs is 1. The number of para-hydroxylation sites is 2.